The molecule has 41 heavy (non-hydrogen) atoms. The smallest absolute Gasteiger partial charge is 0.248 e. The molecule has 3 saturated heterocycles. The summed E-state index contributed by atoms with van der Waals surface area (Å²) >= 11 is 5.98. The molecule has 216 valence electrons. The number of ether oxygens (including phenoxy) is 3. The van der Waals surface area contributed by atoms with E-state index in [1.807, 2.05) is 12.1 Å². The van der Waals surface area contributed by atoms with Crippen molar-refractivity contribution in [2.45, 2.75) is 37.8 Å². The Labute approximate surface area is 243 Å². The van der Waals surface area contributed by atoms with Crippen LogP contribution in [0, 0.1) is 11.7 Å². The molecular weight excluding hydrogens is 549 g/mol. The molecule has 3 aliphatic heterocycles. The molecule has 0 radical (unpaired) electrons. The van der Waals surface area contributed by atoms with Crippen LogP contribution in [0.15, 0.2) is 48.8 Å². The Morgan fingerprint density at radius 3 is 2.68 bits per heavy atom. The maximum absolute atomic E-state index is 13.7. The maximum atomic E-state index is 13.7. The molecule has 11 heteroatoms. The van der Waals surface area contributed by atoms with Gasteiger partial charge in [0.1, 0.15) is 23.7 Å². The van der Waals surface area contributed by atoms with Gasteiger partial charge in [0.05, 0.1) is 36.0 Å². The number of carbonyl (C=O) groups excluding carboxylic acids is 1. The first kappa shape index (κ1) is 27.8. The number of aromatic nitrogens is 2. The van der Waals surface area contributed by atoms with E-state index in [0.717, 1.165) is 52.1 Å². The standard InChI is InChI=1S/C30H33ClFN5O4/c31-24-12-20(3-6-25(24)32)35-30-23-13-27(36-29(38)2-1-9-37-21-4-5-22(37)17-40-16-21)28(14-26(23)33-18-34-30)41-15-19-7-10-39-11-8-19/h1-3,6,12-14,18-19,21-22H,4-5,7-11,15-17H2,(H,36,38)(H,33,34,35). The Kier molecular flexibility index (Phi) is 8.62. The minimum absolute atomic E-state index is 0.00184. The van der Waals surface area contributed by atoms with Crippen molar-refractivity contribution in [1.82, 2.24) is 14.9 Å². The highest BCUT2D eigenvalue weighted by atomic mass is 35.5. The van der Waals surface area contributed by atoms with E-state index in [2.05, 4.69) is 25.5 Å². The third-order valence-corrected chi connectivity index (χ3v) is 8.26. The highest BCUT2D eigenvalue weighted by molar-refractivity contribution is 6.31. The van der Waals surface area contributed by atoms with Crippen LogP contribution >= 0.6 is 11.6 Å². The van der Waals surface area contributed by atoms with Gasteiger partial charge in [0.2, 0.25) is 5.91 Å². The molecule has 3 fully saturated rings. The minimum Gasteiger partial charge on any atom is -0.491 e. The number of carbonyl (C=O) groups is 1. The summed E-state index contributed by atoms with van der Waals surface area (Å²) in [6.45, 7) is 4.17. The Balaban J connectivity index is 1.23. The predicted molar refractivity (Wildman–Crippen MR) is 155 cm³/mol. The van der Waals surface area contributed by atoms with Crippen molar-refractivity contribution >= 4 is 45.6 Å². The number of benzene rings is 2. The first-order chi connectivity index (χ1) is 20.0. The molecule has 4 heterocycles. The SMILES string of the molecule is O=C(C=CCN1C2CCC1COC2)Nc1cc2c(Nc3ccc(F)c(Cl)c3)ncnc2cc1OCC1CCOCC1. The summed E-state index contributed by atoms with van der Waals surface area (Å²) in [4.78, 5) is 24.3. The van der Waals surface area contributed by atoms with Crippen molar-refractivity contribution in [3.05, 3.63) is 59.7 Å². The van der Waals surface area contributed by atoms with Crippen LogP contribution in [0.4, 0.5) is 21.6 Å². The topological polar surface area (TPSA) is 97.8 Å². The zero-order valence-electron chi connectivity index (χ0n) is 22.7. The average Bonchev–Trinajstić information content (AvgIpc) is 3.19. The number of anilines is 3. The van der Waals surface area contributed by atoms with Gasteiger partial charge in [-0.2, -0.15) is 0 Å². The lowest BCUT2D eigenvalue weighted by Gasteiger charge is -2.33. The zero-order chi connectivity index (χ0) is 28.2. The summed E-state index contributed by atoms with van der Waals surface area (Å²) in [7, 11) is 0. The van der Waals surface area contributed by atoms with Gasteiger partial charge in [0, 0.05) is 55.1 Å². The highest BCUT2D eigenvalue weighted by Crippen LogP contribution is 2.35. The molecule has 0 aliphatic carbocycles. The minimum atomic E-state index is -0.504. The van der Waals surface area contributed by atoms with Crippen molar-refractivity contribution in [2.75, 3.05) is 50.2 Å². The van der Waals surface area contributed by atoms with Crippen LogP contribution < -0.4 is 15.4 Å². The van der Waals surface area contributed by atoms with Crippen molar-refractivity contribution in [3.63, 3.8) is 0 Å². The third-order valence-electron chi connectivity index (χ3n) is 7.97. The lowest BCUT2D eigenvalue weighted by Crippen LogP contribution is -2.45. The number of fused-ring (bicyclic) bond motifs is 3. The fraction of sp³-hybridized carbons (Fsp3) is 0.433. The second-order valence-corrected chi connectivity index (χ2v) is 11.1. The molecule has 2 atom stereocenters. The second-order valence-electron chi connectivity index (χ2n) is 10.7. The van der Waals surface area contributed by atoms with E-state index < -0.39 is 5.82 Å². The Morgan fingerprint density at radius 1 is 1.10 bits per heavy atom. The summed E-state index contributed by atoms with van der Waals surface area (Å²) in [6.07, 6.45) is 9.05. The van der Waals surface area contributed by atoms with Crippen molar-refractivity contribution in [2.24, 2.45) is 5.92 Å². The molecule has 6 rings (SSSR count). The molecule has 0 saturated carbocycles. The van der Waals surface area contributed by atoms with Crippen molar-refractivity contribution < 1.29 is 23.4 Å². The number of nitrogens with zero attached hydrogens (tertiary/aromatic N) is 3. The van der Waals surface area contributed by atoms with Gasteiger partial charge in [-0.15, -0.1) is 0 Å². The van der Waals surface area contributed by atoms with Crippen LogP contribution in [0.2, 0.25) is 5.02 Å². The van der Waals surface area contributed by atoms with E-state index in [-0.39, 0.29) is 10.9 Å². The lowest BCUT2D eigenvalue weighted by molar-refractivity contribution is -0.112. The molecule has 3 aromatic rings. The van der Waals surface area contributed by atoms with Gasteiger partial charge < -0.3 is 24.8 Å². The van der Waals surface area contributed by atoms with Gasteiger partial charge in [0.25, 0.3) is 0 Å². The van der Waals surface area contributed by atoms with E-state index >= 15 is 0 Å². The number of morpholine rings is 1. The Hall–Kier alpha value is -3.31. The first-order valence-corrected chi connectivity index (χ1v) is 14.4. The summed E-state index contributed by atoms with van der Waals surface area (Å²) in [5.41, 5.74) is 1.72. The van der Waals surface area contributed by atoms with E-state index in [0.29, 0.717) is 65.0 Å². The summed E-state index contributed by atoms with van der Waals surface area (Å²) in [5.74, 6) is 0.638. The predicted octanol–water partition coefficient (Wildman–Crippen LogP) is 5.33. The van der Waals surface area contributed by atoms with Gasteiger partial charge in [-0.3, -0.25) is 9.69 Å². The molecule has 2 unspecified atom stereocenters. The molecule has 3 aliphatic rings. The molecule has 2 aromatic carbocycles. The number of nitrogens with one attached hydrogen (secondary N) is 2. The van der Waals surface area contributed by atoms with Gasteiger partial charge in [-0.05, 0) is 55.9 Å². The van der Waals surface area contributed by atoms with Crippen LogP contribution in [0.1, 0.15) is 25.7 Å². The van der Waals surface area contributed by atoms with Crippen LogP contribution in [-0.2, 0) is 14.3 Å². The summed E-state index contributed by atoms with van der Waals surface area (Å²) in [6, 6.07) is 8.82. The second kappa shape index (κ2) is 12.7. The molecule has 0 spiro atoms. The molecule has 2 bridgehead atoms. The fourth-order valence-electron chi connectivity index (χ4n) is 5.70. The molecule has 1 aromatic heterocycles. The van der Waals surface area contributed by atoms with Crippen LogP contribution in [0.3, 0.4) is 0 Å². The van der Waals surface area contributed by atoms with Gasteiger partial charge in [0.15, 0.2) is 0 Å². The van der Waals surface area contributed by atoms with Gasteiger partial charge in [-0.1, -0.05) is 17.7 Å². The lowest BCUT2D eigenvalue weighted by atomic mass is 10.0. The molecule has 2 N–H and O–H groups in total. The van der Waals surface area contributed by atoms with Crippen LogP contribution in [0.25, 0.3) is 10.9 Å². The first-order valence-electron chi connectivity index (χ1n) is 14.1. The third kappa shape index (κ3) is 6.62. The van der Waals surface area contributed by atoms with Crippen LogP contribution in [-0.4, -0.2) is 72.4 Å². The van der Waals surface area contributed by atoms with Crippen molar-refractivity contribution in [1.29, 1.82) is 0 Å². The van der Waals surface area contributed by atoms with E-state index in [1.54, 1.807) is 18.2 Å². The fourth-order valence-corrected chi connectivity index (χ4v) is 5.88. The van der Waals surface area contributed by atoms with Gasteiger partial charge >= 0.3 is 0 Å². The molecule has 9 nitrogen and oxygen atoms in total. The van der Waals surface area contributed by atoms with Gasteiger partial charge in [-0.25, -0.2) is 14.4 Å². The maximum Gasteiger partial charge on any atom is 0.248 e. The van der Waals surface area contributed by atoms with Crippen LogP contribution in [0.5, 0.6) is 5.75 Å². The number of amides is 1. The normalized spacial score (nSPS) is 21.4. The number of rotatable bonds is 9. The molecular formula is C30H33ClFN5O4. The number of hydrogen-bond donors (Lipinski definition) is 2. The van der Waals surface area contributed by atoms with Crippen molar-refractivity contribution in [3.8, 4) is 5.75 Å². The monoisotopic (exact) mass is 581 g/mol. The van der Waals surface area contributed by atoms with E-state index in [1.165, 1.54) is 18.5 Å². The Morgan fingerprint density at radius 2 is 1.90 bits per heavy atom. The average molecular weight is 582 g/mol. The zero-order valence-corrected chi connectivity index (χ0v) is 23.4. The molecule has 1 amide bonds. The largest absolute Gasteiger partial charge is 0.491 e. The number of hydrogen-bond acceptors (Lipinski definition) is 8. The quantitative estimate of drug-likeness (QED) is 0.327. The summed E-state index contributed by atoms with van der Waals surface area (Å²) < 4.78 is 31.1. The summed E-state index contributed by atoms with van der Waals surface area (Å²) in [5, 5.41) is 6.85. The van der Waals surface area contributed by atoms with E-state index in [4.69, 9.17) is 25.8 Å². The number of halogens is 2. The van der Waals surface area contributed by atoms with E-state index in [9.17, 15) is 9.18 Å². The Bertz CT molecular complexity index is 1420. The highest BCUT2D eigenvalue weighted by Gasteiger charge is 2.36.